The molecule has 0 aliphatic heterocycles. The van der Waals surface area contributed by atoms with Crippen molar-refractivity contribution in [1.82, 2.24) is 14.6 Å². The van der Waals surface area contributed by atoms with Crippen LogP contribution in [0.2, 0.25) is 0 Å². The maximum atomic E-state index is 6.78. The molecule has 0 saturated heterocycles. The minimum absolute atomic E-state index is 0.325. The van der Waals surface area contributed by atoms with E-state index in [2.05, 4.69) is 14.9 Å². The number of nitrogens with two attached hydrogens (primary N) is 1. The summed E-state index contributed by atoms with van der Waals surface area (Å²) in [4.78, 5) is 7.18. The van der Waals surface area contributed by atoms with Gasteiger partial charge in [-0.25, -0.2) is 14.3 Å². The van der Waals surface area contributed by atoms with Crippen molar-refractivity contribution in [3.63, 3.8) is 0 Å². The van der Waals surface area contributed by atoms with Gasteiger partial charge in [-0.3, -0.25) is 0 Å². The third-order valence-electron chi connectivity index (χ3n) is 1.55. The van der Waals surface area contributed by atoms with E-state index in [1.165, 1.54) is 10.7 Å². The van der Waals surface area contributed by atoms with Crippen LogP contribution < -0.4 is 5.73 Å². The smallest absolute Gasteiger partial charge is 0.245 e. The second kappa shape index (κ2) is 2.20. The van der Waals surface area contributed by atoms with Crippen LogP contribution in [0.25, 0.3) is 10.5 Å². The Balaban J connectivity index is 2.89. The molecule has 58 valence electrons. The quantitative estimate of drug-likeness (QED) is 0.580. The number of hydrogen-bond donors (Lipinski definition) is 1. The van der Waals surface area contributed by atoms with Gasteiger partial charge in [-0.05, 0) is 0 Å². The number of hydrogen-bond acceptors (Lipinski definition) is 3. The Morgan fingerprint density at radius 2 is 2.42 bits per heavy atom. The minimum Gasteiger partial charge on any atom is -0.392 e. The van der Waals surface area contributed by atoms with Crippen LogP contribution in [0.3, 0.4) is 0 Å². The van der Waals surface area contributed by atoms with Crippen molar-refractivity contribution in [2.45, 2.75) is 0 Å². The lowest BCUT2D eigenvalue weighted by Crippen LogP contribution is -1.99. The van der Waals surface area contributed by atoms with Gasteiger partial charge in [0.1, 0.15) is 5.82 Å². The first-order chi connectivity index (χ1) is 5.83. The third-order valence-corrected chi connectivity index (χ3v) is 1.55. The fraction of sp³-hybridized carbons (Fsp3) is 0. The average molecular weight is 159 g/mol. The second-order valence-electron chi connectivity index (χ2n) is 2.24. The number of fused-ring (bicyclic) bond motifs is 1. The topological polar surface area (TPSA) is 60.6 Å². The van der Waals surface area contributed by atoms with E-state index in [0.717, 1.165) is 0 Å². The highest BCUT2D eigenvalue weighted by atomic mass is 15.3. The van der Waals surface area contributed by atoms with Crippen LogP contribution in [0.15, 0.2) is 18.5 Å². The SMILES string of the molecule is [C-]#[N+]c1cnc2ccnn2c1N. The van der Waals surface area contributed by atoms with Crippen molar-refractivity contribution in [3.05, 3.63) is 29.9 Å². The monoisotopic (exact) mass is 159 g/mol. The minimum atomic E-state index is 0.325. The largest absolute Gasteiger partial charge is 0.392 e. The Bertz CT molecular complexity index is 464. The molecule has 12 heavy (non-hydrogen) atoms. The van der Waals surface area contributed by atoms with Crippen molar-refractivity contribution in [2.75, 3.05) is 5.73 Å². The lowest BCUT2D eigenvalue weighted by molar-refractivity contribution is 0.956. The molecule has 2 aromatic heterocycles. The standard InChI is InChI=1S/C7H5N5/c1-9-5-4-10-6-2-3-11-12(6)7(5)8/h2-4H,8H2. The van der Waals surface area contributed by atoms with Gasteiger partial charge in [0, 0.05) is 12.3 Å². The summed E-state index contributed by atoms with van der Waals surface area (Å²) in [5, 5.41) is 3.91. The van der Waals surface area contributed by atoms with Crippen LogP contribution >= 0.6 is 0 Å². The van der Waals surface area contributed by atoms with E-state index in [1.54, 1.807) is 12.3 Å². The fourth-order valence-corrected chi connectivity index (χ4v) is 0.968. The number of nitrogens with zero attached hydrogens (tertiary/aromatic N) is 4. The molecule has 2 heterocycles. The van der Waals surface area contributed by atoms with Gasteiger partial charge in [-0.1, -0.05) is 0 Å². The Kier molecular flexibility index (Phi) is 1.21. The first kappa shape index (κ1) is 6.61. The number of aromatic nitrogens is 3. The summed E-state index contributed by atoms with van der Waals surface area (Å²) in [6, 6.07) is 1.73. The predicted octanol–water partition coefficient (Wildman–Crippen LogP) is 0.862. The van der Waals surface area contributed by atoms with E-state index in [9.17, 15) is 0 Å². The van der Waals surface area contributed by atoms with E-state index in [4.69, 9.17) is 12.3 Å². The summed E-state index contributed by atoms with van der Waals surface area (Å²) in [5.41, 5.74) is 6.60. The fourth-order valence-electron chi connectivity index (χ4n) is 0.968. The number of anilines is 1. The normalized spacial score (nSPS) is 9.92. The van der Waals surface area contributed by atoms with Gasteiger partial charge in [-0.15, -0.1) is 0 Å². The highest BCUT2D eigenvalue weighted by Gasteiger charge is 2.04. The van der Waals surface area contributed by atoms with E-state index < -0.39 is 0 Å². The van der Waals surface area contributed by atoms with Gasteiger partial charge in [0.05, 0.1) is 12.8 Å². The Labute approximate surface area is 68.3 Å². The molecule has 0 fully saturated rings. The molecule has 2 rings (SSSR count). The lowest BCUT2D eigenvalue weighted by Gasteiger charge is -1.98. The van der Waals surface area contributed by atoms with Gasteiger partial charge < -0.3 is 5.73 Å². The van der Waals surface area contributed by atoms with Crippen molar-refractivity contribution in [3.8, 4) is 0 Å². The van der Waals surface area contributed by atoms with Gasteiger partial charge >= 0.3 is 0 Å². The van der Waals surface area contributed by atoms with Gasteiger partial charge in [0.15, 0.2) is 5.65 Å². The molecule has 0 aromatic carbocycles. The zero-order valence-electron chi connectivity index (χ0n) is 6.10. The van der Waals surface area contributed by atoms with Gasteiger partial charge in [0.25, 0.3) is 0 Å². The molecule has 5 nitrogen and oxygen atoms in total. The number of nitrogen functional groups attached to an aromatic ring is 1. The van der Waals surface area contributed by atoms with Crippen LogP contribution in [0, 0.1) is 6.57 Å². The van der Waals surface area contributed by atoms with Crippen LogP contribution in [-0.2, 0) is 0 Å². The maximum Gasteiger partial charge on any atom is 0.245 e. The molecule has 0 bridgehead atoms. The molecule has 0 spiro atoms. The highest BCUT2D eigenvalue weighted by Crippen LogP contribution is 2.19. The molecule has 2 N–H and O–H groups in total. The van der Waals surface area contributed by atoms with Crippen molar-refractivity contribution < 1.29 is 0 Å². The summed E-state index contributed by atoms with van der Waals surface area (Å²) in [5.74, 6) is 0.333. The Morgan fingerprint density at radius 3 is 3.17 bits per heavy atom. The molecule has 0 aliphatic rings. The third kappa shape index (κ3) is 0.720. The van der Waals surface area contributed by atoms with Crippen molar-refractivity contribution in [1.29, 1.82) is 0 Å². The summed E-state index contributed by atoms with van der Waals surface area (Å²) >= 11 is 0. The van der Waals surface area contributed by atoms with Crippen LogP contribution in [0.5, 0.6) is 0 Å². The molecule has 0 amide bonds. The van der Waals surface area contributed by atoms with Crippen molar-refractivity contribution >= 4 is 17.2 Å². The summed E-state index contributed by atoms with van der Waals surface area (Å²) < 4.78 is 1.44. The molecule has 0 atom stereocenters. The summed E-state index contributed by atoms with van der Waals surface area (Å²) in [7, 11) is 0. The highest BCUT2D eigenvalue weighted by molar-refractivity contribution is 5.65. The molecular weight excluding hydrogens is 154 g/mol. The van der Waals surface area contributed by atoms with Gasteiger partial charge in [-0.2, -0.15) is 5.10 Å². The Hall–Kier alpha value is -2.09. The predicted molar refractivity (Wildman–Crippen MR) is 43.7 cm³/mol. The molecule has 0 unspecified atom stereocenters. The average Bonchev–Trinajstić information content (AvgIpc) is 2.53. The first-order valence-corrected chi connectivity index (χ1v) is 3.28. The summed E-state index contributed by atoms with van der Waals surface area (Å²) in [6.45, 7) is 6.78. The van der Waals surface area contributed by atoms with E-state index in [1.807, 2.05) is 0 Å². The summed E-state index contributed by atoms with van der Waals surface area (Å²) in [6.07, 6.45) is 3.03. The zero-order chi connectivity index (χ0) is 8.55. The van der Waals surface area contributed by atoms with E-state index in [0.29, 0.717) is 17.2 Å². The second-order valence-corrected chi connectivity index (χ2v) is 2.24. The van der Waals surface area contributed by atoms with Crippen LogP contribution in [0.1, 0.15) is 0 Å². The molecule has 0 radical (unpaired) electrons. The van der Waals surface area contributed by atoms with E-state index in [-0.39, 0.29) is 0 Å². The maximum absolute atomic E-state index is 6.78. The Morgan fingerprint density at radius 1 is 1.58 bits per heavy atom. The molecule has 0 saturated carbocycles. The van der Waals surface area contributed by atoms with Crippen molar-refractivity contribution in [2.24, 2.45) is 0 Å². The molecule has 2 aromatic rings. The van der Waals surface area contributed by atoms with Crippen LogP contribution in [0.4, 0.5) is 11.5 Å². The molecule has 0 aliphatic carbocycles. The van der Waals surface area contributed by atoms with E-state index >= 15 is 0 Å². The molecule has 5 heteroatoms. The van der Waals surface area contributed by atoms with Crippen LogP contribution in [-0.4, -0.2) is 14.6 Å². The first-order valence-electron chi connectivity index (χ1n) is 3.28. The van der Waals surface area contributed by atoms with Gasteiger partial charge in [0.2, 0.25) is 5.69 Å². The zero-order valence-corrected chi connectivity index (χ0v) is 6.10. The molecular formula is C7H5N5. The number of rotatable bonds is 0. The lowest BCUT2D eigenvalue weighted by atomic mass is 10.5.